The van der Waals surface area contributed by atoms with E-state index >= 15 is 0 Å². The van der Waals surface area contributed by atoms with Gasteiger partial charge < -0.3 is 9.47 Å². The predicted octanol–water partition coefficient (Wildman–Crippen LogP) is 5.26. The van der Waals surface area contributed by atoms with Crippen LogP contribution in [-0.2, 0) is 12.8 Å². The van der Waals surface area contributed by atoms with Crippen molar-refractivity contribution in [1.82, 2.24) is 4.98 Å². The molecular weight excluding hydrogens is 430 g/mol. The predicted molar refractivity (Wildman–Crippen MR) is 123 cm³/mol. The van der Waals surface area contributed by atoms with Gasteiger partial charge in [-0.1, -0.05) is 12.1 Å². The quantitative estimate of drug-likeness (QED) is 0.387. The first-order chi connectivity index (χ1) is 15.5. The molecular formula is C23H23N3O5S. The third kappa shape index (κ3) is 4.43. The Morgan fingerprint density at radius 2 is 1.97 bits per heavy atom. The zero-order valence-electron chi connectivity index (χ0n) is 17.8. The van der Waals surface area contributed by atoms with Crippen molar-refractivity contribution in [1.29, 1.82) is 0 Å². The molecule has 2 aromatic carbocycles. The van der Waals surface area contributed by atoms with E-state index in [1.54, 1.807) is 6.92 Å². The van der Waals surface area contributed by atoms with Crippen LogP contribution in [0, 0.1) is 10.1 Å². The van der Waals surface area contributed by atoms with E-state index in [0.717, 1.165) is 24.1 Å². The standard InChI is InChI=1S/C23H23N3O5S/c1-3-31-21-11-17(19(26(28)29)12-20(21)30-2)22(27)25-23-24-18(13-32-23)16-9-8-14-6-4-5-7-15(14)10-16/h8-13H,3-7H2,1-2H3,(H,24,25,27). The van der Waals surface area contributed by atoms with Gasteiger partial charge in [0.05, 0.1) is 30.4 Å². The molecule has 0 saturated carbocycles. The molecule has 166 valence electrons. The largest absolute Gasteiger partial charge is 0.493 e. The van der Waals surface area contributed by atoms with Crippen LogP contribution in [0.2, 0.25) is 0 Å². The molecule has 1 amide bonds. The van der Waals surface area contributed by atoms with Crippen molar-refractivity contribution in [3.05, 3.63) is 62.5 Å². The highest BCUT2D eigenvalue weighted by Gasteiger charge is 2.25. The van der Waals surface area contributed by atoms with E-state index in [4.69, 9.17) is 9.47 Å². The number of nitro benzene ring substituents is 1. The smallest absolute Gasteiger partial charge is 0.286 e. The number of thiazole rings is 1. The first-order valence-electron chi connectivity index (χ1n) is 10.4. The van der Waals surface area contributed by atoms with Gasteiger partial charge in [0.15, 0.2) is 16.6 Å². The fourth-order valence-electron chi connectivity index (χ4n) is 3.83. The SMILES string of the molecule is CCOc1cc(C(=O)Nc2nc(-c3ccc4c(c3)CCCC4)cs2)c([N+](=O)[O-])cc1OC. The Morgan fingerprint density at radius 1 is 1.19 bits per heavy atom. The van der Waals surface area contributed by atoms with Crippen molar-refractivity contribution >= 4 is 28.1 Å². The van der Waals surface area contributed by atoms with E-state index in [-0.39, 0.29) is 22.7 Å². The van der Waals surface area contributed by atoms with Gasteiger partial charge in [0.1, 0.15) is 5.56 Å². The number of nitrogens with one attached hydrogen (secondary N) is 1. The molecule has 0 fully saturated rings. The molecule has 0 aliphatic heterocycles. The minimum Gasteiger partial charge on any atom is -0.493 e. The highest BCUT2D eigenvalue weighted by Crippen LogP contribution is 2.36. The van der Waals surface area contributed by atoms with Crippen molar-refractivity contribution in [2.75, 3.05) is 19.0 Å². The van der Waals surface area contributed by atoms with E-state index in [9.17, 15) is 14.9 Å². The average Bonchev–Trinajstić information content (AvgIpc) is 3.27. The van der Waals surface area contributed by atoms with Crippen LogP contribution in [0.4, 0.5) is 10.8 Å². The number of rotatable bonds is 7. The Bertz CT molecular complexity index is 1170. The van der Waals surface area contributed by atoms with Crippen LogP contribution in [0.5, 0.6) is 11.5 Å². The maximum absolute atomic E-state index is 12.9. The van der Waals surface area contributed by atoms with Gasteiger partial charge in [-0.3, -0.25) is 20.2 Å². The first kappa shape index (κ1) is 21.8. The minimum absolute atomic E-state index is 0.121. The third-order valence-electron chi connectivity index (χ3n) is 5.39. The summed E-state index contributed by atoms with van der Waals surface area (Å²) in [5.41, 5.74) is 4.01. The lowest BCUT2D eigenvalue weighted by molar-refractivity contribution is -0.385. The summed E-state index contributed by atoms with van der Waals surface area (Å²) in [4.78, 5) is 28.3. The van der Waals surface area contributed by atoms with Crippen molar-refractivity contribution in [3.63, 3.8) is 0 Å². The van der Waals surface area contributed by atoms with Gasteiger partial charge in [-0.05, 0) is 49.8 Å². The first-order valence-corrected chi connectivity index (χ1v) is 11.3. The molecule has 1 aliphatic carbocycles. The van der Waals surface area contributed by atoms with E-state index in [1.807, 2.05) is 11.4 Å². The minimum atomic E-state index is -0.633. The molecule has 0 saturated heterocycles. The fourth-order valence-corrected chi connectivity index (χ4v) is 4.55. The Labute approximate surface area is 189 Å². The Morgan fingerprint density at radius 3 is 2.69 bits per heavy atom. The van der Waals surface area contributed by atoms with Gasteiger partial charge in [0.2, 0.25) is 0 Å². The zero-order chi connectivity index (χ0) is 22.7. The normalized spacial score (nSPS) is 12.7. The van der Waals surface area contributed by atoms with Crippen LogP contribution in [0.25, 0.3) is 11.3 Å². The van der Waals surface area contributed by atoms with Crippen molar-refractivity contribution in [2.24, 2.45) is 0 Å². The van der Waals surface area contributed by atoms with Crippen LogP contribution in [-0.4, -0.2) is 29.5 Å². The lowest BCUT2D eigenvalue weighted by Gasteiger charge is -2.16. The number of nitro groups is 1. The molecule has 3 aromatic rings. The number of benzene rings is 2. The number of methoxy groups -OCH3 is 1. The zero-order valence-corrected chi connectivity index (χ0v) is 18.7. The summed E-state index contributed by atoms with van der Waals surface area (Å²) >= 11 is 1.27. The van der Waals surface area contributed by atoms with Gasteiger partial charge in [0, 0.05) is 17.0 Å². The number of aryl methyl sites for hydroxylation is 2. The molecule has 1 heterocycles. The summed E-state index contributed by atoms with van der Waals surface area (Å²) in [5.74, 6) is -0.176. The van der Waals surface area contributed by atoms with E-state index in [0.29, 0.717) is 11.7 Å². The second kappa shape index (κ2) is 9.35. The van der Waals surface area contributed by atoms with Crippen LogP contribution in [0.3, 0.4) is 0 Å². The number of hydrogen-bond donors (Lipinski definition) is 1. The van der Waals surface area contributed by atoms with Gasteiger partial charge in [-0.25, -0.2) is 4.98 Å². The number of hydrogen-bond acceptors (Lipinski definition) is 7. The summed E-state index contributed by atoms with van der Waals surface area (Å²) in [6, 6.07) is 8.89. The van der Waals surface area contributed by atoms with E-state index in [1.165, 1.54) is 54.5 Å². The number of fused-ring (bicyclic) bond motifs is 1. The van der Waals surface area contributed by atoms with Crippen LogP contribution in [0.1, 0.15) is 41.3 Å². The van der Waals surface area contributed by atoms with Crippen molar-refractivity contribution < 1.29 is 19.2 Å². The molecule has 8 nitrogen and oxygen atoms in total. The Hall–Kier alpha value is -3.46. The van der Waals surface area contributed by atoms with Crippen LogP contribution in [0.15, 0.2) is 35.7 Å². The second-order valence-electron chi connectivity index (χ2n) is 7.39. The molecule has 0 unspecified atom stereocenters. The summed E-state index contributed by atoms with van der Waals surface area (Å²) < 4.78 is 10.6. The lowest BCUT2D eigenvalue weighted by atomic mass is 9.90. The summed E-state index contributed by atoms with van der Waals surface area (Å²) in [5, 5.41) is 16.5. The number of carbonyl (C=O) groups excluding carboxylic acids is 1. The molecule has 1 N–H and O–H groups in total. The van der Waals surface area contributed by atoms with Crippen LogP contribution < -0.4 is 14.8 Å². The summed E-state index contributed by atoms with van der Waals surface area (Å²) in [6.07, 6.45) is 4.60. The van der Waals surface area contributed by atoms with Gasteiger partial charge in [-0.2, -0.15) is 0 Å². The molecule has 32 heavy (non-hydrogen) atoms. The summed E-state index contributed by atoms with van der Waals surface area (Å²) in [7, 11) is 1.39. The highest BCUT2D eigenvalue weighted by molar-refractivity contribution is 7.14. The maximum Gasteiger partial charge on any atom is 0.286 e. The number of nitrogens with zero attached hydrogens (tertiary/aromatic N) is 2. The van der Waals surface area contributed by atoms with Crippen LogP contribution >= 0.6 is 11.3 Å². The Balaban J connectivity index is 1.59. The third-order valence-corrected chi connectivity index (χ3v) is 6.15. The Kier molecular flexibility index (Phi) is 6.36. The van der Waals surface area contributed by atoms with E-state index < -0.39 is 10.8 Å². The van der Waals surface area contributed by atoms with Gasteiger partial charge >= 0.3 is 0 Å². The lowest BCUT2D eigenvalue weighted by Crippen LogP contribution is -2.14. The maximum atomic E-state index is 12.9. The monoisotopic (exact) mass is 453 g/mol. The average molecular weight is 454 g/mol. The molecule has 0 bridgehead atoms. The molecule has 0 spiro atoms. The number of ether oxygens (including phenoxy) is 2. The summed E-state index contributed by atoms with van der Waals surface area (Å²) in [6.45, 7) is 2.10. The number of carbonyl (C=O) groups is 1. The second-order valence-corrected chi connectivity index (χ2v) is 8.25. The van der Waals surface area contributed by atoms with E-state index in [2.05, 4.69) is 22.4 Å². The van der Waals surface area contributed by atoms with Gasteiger partial charge in [-0.15, -0.1) is 11.3 Å². The van der Waals surface area contributed by atoms with Crippen molar-refractivity contribution in [2.45, 2.75) is 32.6 Å². The van der Waals surface area contributed by atoms with Crippen molar-refractivity contribution in [3.8, 4) is 22.8 Å². The fraction of sp³-hybridized carbons (Fsp3) is 0.304. The number of amides is 1. The molecule has 1 aromatic heterocycles. The molecule has 0 atom stereocenters. The number of anilines is 1. The molecule has 4 rings (SSSR count). The number of aromatic nitrogens is 1. The topological polar surface area (TPSA) is 104 Å². The highest BCUT2D eigenvalue weighted by atomic mass is 32.1. The molecule has 1 aliphatic rings. The van der Waals surface area contributed by atoms with Gasteiger partial charge in [0.25, 0.3) is 11.6 Å². The molecule has 0 radical (unpaired) electrons. The molecule has 9 heteroatoms.